The summed E-state index contributed by atoms with van der Waals surface area (Å²) in [5.41, 5.74) is 0.545. The lowest BCUT2D eigenvalue weighted by Crippen LogP contribution is -2.52. The molecule has 0 aliphatic heterocycles. The van der Waals surface area contributed by atoms with E-state index >= 15 is 0 Å². The fraction of sp³-hybridized carbons (Fsp3) is 0.588. The molecule has 4 heteroatoms. The van der Waals surface area contributed by atoms with E-state index in [1.54, 1.807) is 6.08 Å². The molecule has 0 saturated heterocycles. The summed E-state index contributed by atoms with van der Waals surface area (Å²) in [6.45, 7) is 17.7. The van der Waals surface area contributed by atoms with Gasteiger partial charge in [-0.15, -0.1) is 13.2 Å². The largest absolute Gasteiger partial charge is 0.403 e. The average molecular weight is 308 g/mol. The van der Waals surface area contributed by atoms with E-state index in [2.05, 4.69) is 33.9 Å². The lowest BCUT2D eigenvalue weighted by atomic mass is 9.80. The van der Waals surface area contributed by atoms with Gasteiger partial charge in [-0.05, 0) is 30.5 Å². The topological polar surface area (TPSA) is 46.5 Å². The van der Waals surface area contributed by atoms with Crippen molar-refractivity contribution in [2.45, 2.75) is 58.4 Å². The van der Waals surface area contributed by atoms with E-state index in [4.69, 9.17) is 4.43 Å². The van der Waals surface area contributed by atoms with E-state index in [1.165, 1.54) is 6.08 Å². The molecule has 0 radical (unpaired) electrons. The Bertz CT molecular complexity index is 471. The Morgan fingerprint density at radius 1 is 1.43 bits per heavy atom. The van der Waals surface area contributed by atoms with Gasteiger partial charge in [0, 0.05) is 6.42 Å². The Labute approximate surface area is 130 Å². The molecule has 0 fully saturated rings. The highest BCUT2D eigenvalue weighted by molar-refractivity contribution is 6.49. The van der Waals surface area contributed by atoms with E-state index in [-0.39, 0.29) is 11.2 Å². The molecule has 0 amide bonds. The van der Waals surface area contributed by atoms with Crippen LogP contribution in [0.4, 0.5) is 0 Å². The second-order valence-electron chi connectivity index (χ2n) is 6.88. The van der Waals surface area contributed by atoms with Crippen molar-refractivity contribution in [2.24, 2.45) is 5.41 Å². The number of hydrogen-bond acceptors (Lipinski definition) is 3. The minimum atomic E-state index is -1.54. The molecule has 2 unspecified atom stereocenters. The minimum Gasteiger partial charge on any atom is -0.403 e. The first-order chi connectivity index (χ1) is 9.61. The Kier molecular flexibility index (Phi) is 5.53. The molecule has 0 aromatic heterocycles. The van der Waals surface area contributed by atoms with Gasteiger partial charge in [0.15, 0.2) is 20.4 Å². The maximum absolute atomic E-state index is 12.8. The van der Waals surface area contributed by atoms with Gasteiger partial charge < -0.3 is 9.53 Å². The zero-order chi connectivity index (χ0) is 16.4. The molecule has 0 heterocycles. The summed E-state index contributed by atoms with van der Waals surface area (Å²) in [5, 5.41) is 10.5. The summed E-state index contributed by atoms with van der Waals surface area (Å²) in [4.78, 5) is 12.8. The first-order valence-electron chi connectivity index (χ1n) is 7.46. The highest BCUT2D eigenvalue weighted by atomic mass is 28.3. The maximum Gasteiger partial charge on any atom is 0.174 e. The Hall–Kier alpha value is -0.973. The van der Waals surface area contributed by atoms with Crippen LogP contribution in [-0.4, -0.2) is 31.6 Å². The first-order valence-corrected chi connectivity index (χ1v) is 10.2. The van der Waals surface area contributed by atoms with Crippen molar-refractivity contribution in [1.82, 2.24) is 0 Å². The third-order valence-corrected chi connectivity index (χ3v) is 4.72. The summed E-state index contributed by atoms with van der Waals surface area (Å²) < 4.78 is 6.12. The van der Waals surface area contributed by atoms with Gasteiger partial charge in [0.25, 0.3) is 0 Å². The highest BCUT2D eigenvalue weighted by Gasteiger charge is 2.54. The van der Waals surface area contributed by atoms with Crippen LogP contribution in [0.2, 0.25) is 13.1 Å². The molecule has 1 aliphatic rings. The lowest BCUT2D eigenvalue weighted by molar-refractivity contribution is -0.135. The van der Waals surface area contributed by atoms with Crippen molar-refractivity contribution in [3.63, 3.8) is 0 Å². The van der Waals surface area contributed by atoms with Gasteiger partial charge in [-0.2, -0.15) is 0 Å². The van der Waals surface area contributed by atoms with Gasteiger partial charge in [0.05, 0.1) is 0 Å². The standard InChI is InChI=1S/C17H28O3Si/c1-8-10-12-13(16(3,4)5)11-15(19)17(12,14(18)9-2)20-21(6)7/h8-9,14,18,21H,1-2,10-11H2,3-7H3. The van der Waals surface area contributed by atoms with Crippen LogP contribution >= 0.6 is 0 Å². The molecule has 0 aromatic carbocycles. The van der Waals surface area contributed by atoms with Crippen LogP contribution in [0.15, 0.2) is 36.5 Å². The summed E-state index contributed by atoms with van der Waals surface area (Å²) in [5.74, 6) is -0.0575. The van der Waals surface area contributed by atoms with Crippen LogP contribution in [0.5, 0.6) is 0 Å². The van der Waals surface area contributed by atoms with Crippen LogP contribution in [0, 0.1) is 5.41 Å². The van der Waals surface area contributed by atoms with Gasteiger partial charge in [-0.1, -0.05) is 38.5 Å². The van der Waals surface area contributed by atoms with Crippen molar-refractivity contribution >= 4 is 14.8 Å². The van der Waals surface area contributed by atoms with Crippen molar-refractivity contribution in [2.75, 3.05) is 0 Å². The van der Waals surface area contributed by atoms with Crippen LogP contribution in [0.25, 0.3) is 0 Å². The van der Waals surface area contributed by atoms with Gasteiger partial charge >= 0.3 is 0 Å². The molecule has 2 atom stereocenters. The number of ketones is 1. The van der Waals surface area contributed by atoms with E-state index in [0.717, 1.165) is 11.1 Å². The number of aliphatic hydroxyl groups excluding tert-OH is 1. The maximum atomic E-state index is 12.8. The van der Waals surface area contributed by atoms with Crippen molar-refractivity contribution in [3.05, 3.63) is 36.5 Å². The predicted molar refractivity (Wildman–Crippen MR) is 89.8 cm³/mol. The number of hydrogen-bond donors (Lipinski definition) is 1. The van der Waals surface area contributed by atoms with Crippen LogP contribution < -0.4 is 0 Å². The fourth-order valence-corrected chi connectivity index (χ4v) is 4.17. The molecule has 0 aromatic rings. The lowest BCUT2D eigenvalue weighted by Gasteiger charge is -2.37. The number of aliphatic hydroxyl groups is 1. The summed E-state index contributed by atoms with van der Waals surface area (Å²) in [6.07, 6.45) is 3.04. The van der Waals surface area contributed by atoms with Crippen LogP contribution in [0.3, 0.4) is 0 Å². The van der Waals surface area contributed by atoms with Crippen molar-refractivity contribution in [3.8, 4) is 0 Å². The Morgan fingerprint density at radius 2 is 2.00 bits per heavy atom. The molecule has 0 spiro atoms. The molecule has 0 bridgehead atoms. The van der Waals surface area contributed by atoms with Gasteiger partial charge in [0.1, 0.15) is 6.10 Å². The van der Waals surface area contributed by atoms with Gasteiger partial charge in [-0.25, -0.2) is 0 Å². The molecule has 1 N–H and O–H groups in total. The third kappa shape index (κ3) is 3.28. The molecule has 1 aliphatic carbocycles. The zero-order valence-corrected chi connectivity index (χ0v) is 15.1. The minimum absolute atomic E-state index is 0.0575. The molecule has 3 nitrogen and oxygen atoms in total. The quantitative estimate of drug-likeness (QED) is 0.605. The summed E-state index contributed by atoms with van der Waals surface area (Å²) in [7, 11) is -1.54. The number of rotatable bonds is 6. The fourth-order valence-electron chi connectivity index (χ4n) is 3.02. The van der Waals surface area contributed by atoms with Crippen molar-refractivity contribution in [1.29, 1.82) is 0 Å². The third-order valence-electron chi connectivity index (χ3n) is 3.88. The van der Waals surface area contributed by atoms with E-state index in [9.17, 15) is 9.90 Å². The van der Waals surface area contributed by atoms with Gasteiger partial charge in [-0.3, -0.25) is 4.79 Å². The van der Waals surface area contributed by atoms with Crippen LogP contribution in [0.1, 0.15) is 33.6 Å². The molecule has 0 saturated carbocycles. The van der Waals surface area contributed by atoms with Crippen molar-refractivity contribution < 1.29 is 14.3 Å². The number of carbonyl (C=O) groups is 1. The average Bonchev–Trinajstić information content (AvgIpc) is 2.63. The second kappa shape index (κ2) is 6.42. The predicted octanol–water partition coefficient (Wildman–Crippen LogP) is 3.16. The summed E-state index contributed by atoms with van der Waals surface area (Å²) >= 11 is 0. The van der Waals surface area contributed by atoms with Crippen LogP contribution in [-0.2, 0) is 9.22 Å². The first kappa shape index (κ1) is 18.1. The zero-order valence-electron chi connectivity index (χ0n) is 13.9. The SMILES string of the molecule is C=CCC1=C(C(C)(C)C)CC(=O)C1(O[SiH](C)C)C(O)C=C. The second-order valence-corrected chi connectivity index (χ2v) is 9.22. The molecule has 21 heavy (non-hydrogen) atoms. The smallest absolute Gasteiger partial charge is 0.174 e. The van der Waals surface area contributed by atoms with Gasteiger partial charge in [0.2, 0.25) is 0 Å². The molecular weight excluding hydrogens is 280 g/mol. The number of allylic oxidation sites excluding steroid dienone is 2. The number of carbonyl (C=O) groups excluding carboxylic acids is 1. The molecule has 1 rings (SSSR count). The molecule has 118 valence electrons. The van der Waals surface area contributed by atoms with E-state index in [1.807, 2.05) is 13.1 Å². The number of Topliss-reactive ketones (excluding diaryl/α,β-unsaturated/α-hetero) is 1. The summed E-state index contributed by atoms with van der Waals surface area (Å²) in [6, 6.07) is 0. The monoisotopic (exact) mass is 308 g/mol. The molecular formula is C17H28O3Si. The van der Waals surface area contributed by atoms with E-state index < -0.39 is 20.7 Å². The Morgan fingerprint density at radius 3 is 2.38 bits per heavy atom. The normalized spacial score (nSPS) is 24.6. The highest BCUT2D eigenvalue weighted by Crippen LogP contribution is 2.47. The Balaban J connectivity index is 3.57. The van der Waals surface area contributed by atoms with E-state index in [0.29, 0.717) is 12.8 Å².